The van der Waals surface area contributed by atoms with Crippen molar-refractivity contribution in [2.75, 3.05) is 19.8 Å². The van der Waals surface area contributed by atoms with Crippen LogP contribution >= 0.6 is 0 Å². The number of esters is 2. The Labute approximate surface area is 98.6 Å². The van der Waals surface area contributed by atoms with Gasteiger partial charge in [0.25, 0.3) is 0 Å². The number of aliphatic hydroxyl groups is 3. The van der Waals surface area contributed by atoms with Gasteiger partial charge in [0.15, 0.2) is 6.29 Å². The molecule has 3 N–H and O–H groups in total. The quantitative estimate of drug-likeness (QED) is 0.305. The Bertz CT molecular complexity index is 247. The van der Waals surface area contributed by atoms with Crippen LogP contribution in [0.25, 0.3) is 0 Å². The molecule has 0 bridgehead atoms. The molecule has 0 saturated carbocycles. The number of ether oxygens (including phenoxy) is 2. The number of aliphatic hydroxyl groups excluding tert-OH is 2. The van der Waals surface area contributed by atoms with Crippen molar-refractivity contribution in [3.05, 3.63) is 25.3 Å². The van der Waals surface area contributed by atoms with Crippen molar-refractivity contribution in [3.8, 4) is 0 Å². The van der Waals surface area contributed by atoms with E-state index in [4.69, 9.17) is 15.3 Å². The van der Waals surface area contributed by atoms with E-state index in [0.29, 0.717) is 0 Å². The third-order valence-electron chi connectivity index (χ3n) is 1.04. The minimum Gasteiger partial charge on any atom is -0.460 e. The highest BCUT2D eigenvalue weighted by Gasteiger charge is 1.99. The van der Waals surface area contributed by atoms with Crippen molar-refractivity contribution in [2.24, 2.45) is 0 Å². The van der Waals surface area contributed by atoms with Gasteiger partial charge in [-0.1, -0.05) is 13.2 Å². The van der Waals surface area contributed by atoms with Crippen LogP contribution in [0.3, 0.4) is 0 Å². The summed E-state index contributed by atoms with van der Waals surface area (Å²) in [5.74, 6) is -1.16. The molecule has 0 rings (SSSR count). The molecule has 0 aromatic carbocycles. The lowest BCUT2D eigenvalue weighted by Crippen LogP contribution is -2.16. The summed E-state index contributed by atoms with van der Waals surface area (Å²) < 4.78 is 8.53. The Hall–Kier alpha value is -1.70. The van der Waals surface area contributed by atoms with Crippen molar-refractivity contribution in [1.29, 1.82) is 0 Å². The molecular formula is C10H16O7. The fourth-order valence-electron chi connectivity index (χ4n) is 0.421. The van der Waals surface area contributed by atoms with E-state index >= 15 is 0 Å². The number of rotatable bonds is 6. The van der Waals surface area contributed by atoms with E-state index in [1.54, 1.807) is 0 Å². The first-order chi connectivity index (χ1) is 7.97. The topological polar surface area (TPSA) is 113 Å². The molecule has 0 heterocycles. The maximum Gasteiger partial charge on any atom is 0.330 e. The van der Waals surface area contributed by atoms with Crippen LogP contribution in [-0.4, -0.2) is 53.4 Å². The Kier molecular flexibility index (Phi) is 12.9. The molecule has 0 fully saturated rings. The van der Waals surface area contributed by atoms with Crippen molar-refractivity contribution in [3.63, 3.8) is 0 Å². The van der Waals surface area contributed by atoms with Crippen molar-refractivity contribution in [2.45, 2.75) is 6.29 Å². The molecule has 0 aliphatic carbocycles. The van der Waals surface area contributed by atoms with Crippen molar-refractivity contribution < 1.29 is 34.4 Å². The average molecular weight is 248 g/mol. The first-order valence-electron chi connectivity index (χ1n) is 4.53. The molecule has 0 saturated heterocycles. The van der Waals surface area contributed by atoms with E-state index in [2.05, 4.69) is 22.6 Å². The minimum atomic E-state index is -1.60. The summed E-state index contributed by atoms with van der Waals surface area (Å²) in [4.78, 5) is 20.3. The maximum absolute atomic E-state index is 10.2. The third kappa shape index (κ3) is 16.9. The van der Waals surface area contributed by atoms with Gasteiger partial charge in [-0.05, 0) is 0 Å². The second kappa shape index (κ2) is 12.4. The average Bonchev–Trinajstić information content (AvgIpc) is 2.33. The standard InChI is InChI=1S/C5H8O4.C5H8O3/c1-2-5(8)9-3-4(6)7;1-2-5(7)8-4-3-6/h2,4,6-7H,1,3H2;2,6H,1,3-4H2. The van der Waals surface area contributed by atoms with E-state index in [0.717, 1.165) is 12.2 Å². The fraction of sp³-hybridized carbons (Fsp3) is 0.400. The largest absolute Gasteiger partial charge is 0.460 e. The van der Waals surface area contributed by atoms with Gasteiger partial charge in [-0.3, -0.25) is 0 Å². The van der Waals surface area contributed by atoms with Crippen LogP contribution < -0.4 is 0 Å². The smallest absolute Gasteiger partial charge is 0.330 e. The molecule has 0 radical (unpaired) electrons. The van der Waals surface area contributed by atoms with Gasteiger partial charge in [0.2, 0.25) is 0 Å². The zero-order chi connectivity index (χ0) is 13.7. The third-order valence-corrected chi connectivity index (χ3v) is 1.04. The van der Waals surface area contributed by atoms with Crippen molar-refractivity contribution >= 4 is 11.9 Å². The first kappa shape index (κ1) is 17.7. The maximum atomic E-state index is 10.2. The number of carbonyl (C=O) groups is 2. The van der Waals surface area contributed by atoms with E-state index in [-0.39, 0.29) is 13.2 Å². The molecule has 0 aliphatic heterocycles. The summed E-state index contributed by atoms with van der Waals surface area (Å²) in [7, 11) is 0. The zero-order valence-corrected chi connectivity index (χ0v) is 9.24. The summed E-state index contributed by atoms with van der Waals surface area (Å²) >= 11 is 0. The minimum absolute atomic E-state index is 0.0465. The number of hydrogen-bond acceptors (Lipinski definition) is 7. The van der Waals surface area contributed by atoms with Crippen LogP contribution in [0.5, 0.6) is 0 Å². The monoisotopic (exact) mass is 248 g/mol. The van der Waals surface area contributed by atoms with Gasteiger partial charge in [0.1, 0.15) is 13.2 Å². The van der Waals surface area contributed by atoms with Gasteiger partial charge in [-0.25, -0.2) is 9.59 Å². The summed E-state index contributed by atoms with van der Waals surface area (Å²) in [6.45, 7) is 5.75. The van der Waals surface area contributed by atoms with Crippen LogP contribution in [0.2, 0.25) is 0 Å². The first-order valence-corrected chi connectivity index (χ1v) is 4.53. The summed E-state index contributed by atoms with van der Waals surface area (Å²) in [5, 5.41) is 24.4. The Morgan fingerprint density at radius 1 is 1.12 bits per heavy atom. The van der Waals surface area contributed by atoms with Gasteiger partial charge in [0, 0.05) is 12.2 Å². The molecule has 0 amide bonds. The predicted octanol–water partition coefficient (Wildman–Crippen LogP) is -1.27. The second-order valence-electron chi connectivity index (χ2n) is 2.41. The SMILES string of the molecule is C=CC(=O)OCC(O)O.C=CC(=O)OCCO. The van der Waals surface area contributed by atoms with Crippen LogP contribution in [-0.2, 0) is 19.1 Å². The fourth-order valence-corrected chi connectivity index (χ4v) is 0.421. The van der Waals surface area contributed by atoms with Gasteiger partial charge < -0.3 is 24.8 Å². The summed E-state index contributed by atoms with van der Waals surface area (Å²) in [6, 6.07) is 0. The molecule has 0 atom stereocenters. The van der Waals surface area contributed by atoms with Crippen molar-refractivity contribution in [1.82, 2.24) is 0 Å². The molecular weight excluding hydrogens is 232 g/mol. The van der Waals surface area contributed by atoms with Gasteiger partial charge in [0.05, 0.1) is 6.61 Å². The predicted molar refractivity (Wildman–Crippen MR) is 57.6 cm³/mol. The molecule has 98 valence electrons. The number of carbonyl (C=O) groups excluding carboxylic acids is 2. The summed E-state index contributed by atoms with van der Waals surface area (Å²) in [5.41, 5.74) is 0. The molecule has 0 aromatic rings. The lowest BCUT2D eigenvalue weighted by molar-refractivity contribution is -0.150. The Balaban J connectivity index is 0. The molecule has 0 aromatic heterocycles. The van der Waals surface area contributed by atoms with Crippen LogP contribution in [0.1, 0.15) is 0 Å². The normalized spacial score (nSPS) is 8.71. The molecule has 0 unspecified atom stereocenters. The van der Waals surface area contributed by atoms with Gasteiger partial charge in [-0.2, -0.15) is 0 Å². The van der Waals surface area contributed by atoms with E-state index in [1.807, 2.05) is 0 Å². The Morgan fingerprint density at radius 2 is 1.59 bits per heavy atom. The van der Waals surface area contributed by atoms with Crippen LogP contribution in [0, 0.1) is 0 Å². The highest BCUT2D eigenvalue weighted by atomic mass is 16.6. The molecule has 0 spiro atoms. The van der Waals surface area contributed by atoms with E-state index < -0.39 is 24.8 Å². The lowest BCUT2D eigenvalue weighted by atomic mass is 10.6. The van der Waals surface area contributed by atoms with Gasteiger partial charge >= 0.3 is 11.9 Å². The highest BCUT2D eigenvalue weighted by Crippen LogP contribution is 1.81. The van der Waals surface area contributed by atoms with Crippen LogP contribution in [0.15, 0.2) is 25.3 Å². The highest BCUT2D eigenvalue weighted by molar-refractivity contribution is 5.81. The zero-order valence-electron chi connectivity index (χ0n) is 9.24. The molecule has 0 aliphatic rings. The molecule has 7 nitrogen and oxygen atoms in total. The molecule has 17 heavy (non-hydrogen) atoms. The van der Waals surface area contributed by atoms with Gasteiger partial charge in [-0.15, -0.1) is 0 Å². The van der Waals surface area contributed by atoms with Crippen LogP contribution in [0.4, 0.5) is 0 Å². The number of hydrogen-bond donors (Lipinski definition) is 3. The Morgan fingerprint density at radius 3 is 1.94 bits per heavy atom. The van der Waals surface area contributed by atoms with E-state index in [9.17, 15) is 9.59 Å². The second-order valence-corrected chi connectivity index (χ2v) is 2.41. The van der Waals surface area contributed by atoms with E-state index in [1.165, 1.54) is 0 Å². The summed E-state index contributed by atoms with van der Waals surface area (Å²) in [6.07, 6.45) is 0.395. The molecule has 7 heteroatoms. The lowest BCUT2D eigenvalue weighted by Gasteiger charge is -2.01.